The zero-order valence-electron chi connectivity index (χ0n) is 13.2. The molecule has 0 saturated carbocycles. The number of nitrogens with one attached hydrogen (secondary N) is 1. The fraction of sp³-hybridized carbons (Fsp3) is 0.375. The van der Waals surface area contributed by atoms with E-state index < -0.39 is 0 Å². The molecule has 0 atom stereocenters. The van der Waals surface area contributed by atoms with Gasteiger partial charge in [0.05, 0.1) is 5.56 Å². The standard InChI is InChI=1S/C16H22N4O/c1-9(2)14-18-15(20-17)12(5)16(19-14)21-13-8-6-7-10(3)11(13)4/h6-9H,17H2,1-5H3,(H,18,19,20). The molecular weight excluding hydrogens is 264 g/mol. The second kappa shape index (κ2) is 6.10. The van der Waals surface area contributed by atoms with Gasteiger partial charge in [0.1, 0.15) is 11.6 Å². The smallest absolute Gasteiger partial charge is 0.227 e. The molecule has 1 aromatic carbocycles. The largest absolute Gasteiger partial charge is 0.438 e. The second-order valence-corrected chi connectivity index (χ2v) is 5.46. The molecule has 1 aromatic heterocycles. The summed E-state index contributed by atoms with van der Waals surface area (Å²) in [5.74, 6) is 8.37. The molecule has 0 aliphatic rings. The van der Waals surface area contributed by atoms with Crippen molar-refractivity contribution in [2.45, 2.75) is 40.5 Å². The molecule has 0 bridgehead atoms. The molecule has 5 nitrogen and oxygen atoms in total. The Morgan fingerprint density at radius 1 is 1.10 bits per heavy atom. The number of ether oxygens (including phenoxy) is 1. The van der Waals surface area contributed by atoms with Gasteiger partial charge in [0.15, 0.2) is 5.82 Å². The summed E-state index contributed by atoms with van der Waals surface area (Å²) in [5, 5.41) is 0. The number of hydrogen-bond acceptors (Lipinski definition) is 5. The maximum Gasteiger partial charge on any atom is 0.227 e. The summed E-state index contributed by atoms with van der Waals surface area (Å²) < 4.78 is 6.01. The normalized spacial score (nSPS) is 10.8. The number of nitrogens with zero attached hydrogens (tertiary/aromatic N) is 2. The highest BCUT2D eigenvalue weighted by Gasteiger charge is 2.15. The molecule has 3 N–H and O–H groups in total. The second-order valence-electron chi connectivity index (χ2n) is 5.46. The maximum atomic E-state index is 6.01. The minimum atomic E-state index is 0.193. The van der Waals surface area contributed by atoms with Crippen LogP contribution in [0.25, 0.3) is 0 Å². The summed E-state index contributed by atoms with van der Waals surface area (Å²) in [6.45, 7) is 10.0. The van der Waals surface area contributed by atoms with E-state index in [0.29, 0.717) is 17.5 Å². The first kappa shape index (κ1) is 15.3. The minimum absolute atomic E-state index is 0.193. The number of benzene rings is 1. The lowest BCUT2D eigenvalue weighted by molar-refractivity contribution is 0.449. The molecule has 1 heterocycles. The van der Waals surface area contributed by atoms with Crippen molar-refractivity contribution < 1.29 is 4.74 Å². The number of nitrogen functional groups attached to an aromatic ring is 1. The van der Waals surface area contributed by atoms with Crippen LogP contribution in [-0.2, 0) is 0 Å². The van der Waals surface area contributed by atoms with Crippen molar-refractivity contribution in [1.82, 2.24) is 9.97 Å². The number of rotatable bonds is 4. The van der Waals surface area contributed by atoms with E-state index in [1.54, 1.807) is 0 Å². The average molecular weight is 286 g/mol. The first-order valence-corrected chi connectivity index (χ1v) is 7.03. The van der Waals surface area contributed by atoms with E-state index in [0.717, 1.165) is 16.9 Å². The molecule has 0 radical (unpaired) electrons. The fourth-order valence-corrected chi connectivity index (χ4v) is 1.95. The van der Waals surface area contributed by atoms with Gasteiger partial charge in [-0.15, -0.1) is 0 Å². The minimum Gasteiger partial charge on any atom is -0.438 e. The third-order valence-corrected chi connectivity index (χ3v) is 3.53. The van der Waals surface area contributed by atoms with Crippen LogP contribution in [0.4, 0.5) is 5.82 Å². The quantitative estimate of drug-likeness (QED) is 0.663. The van der Waals surface area contributed by atoms with Crippen molar-refractivity contribution in [3.63, 3.8) is 0 Å². The predicted molar refractivity (Wildman–Crippen MR) is 84.7 cm³/mol. The highest BCUT2D eigenvalue weighted by Crippen LogP contribution is 2.31. The van der Waals surface area contributed by atoms with Gasteiger partial charge in [-0.2, -0.15) is 4.98 Å². The van der Waals surface area contributed by atoms with Gasteiger partial charge in [-0.05, 0) is 38.0 Å². The topological polar surface area (TPSA) is 73.1 Å². The molecule has 0 fully saturated rings. The van der Waals surface area contributed by atoms with Gasteiger partial charge in [0.2, 0.25) is 5.88 Å². The van der Waals surface area contributed by atoms with Crippen molar-refractivity contribution in [1.29, 1.82) is 0 Å². The molecule has 2 rings (SSSR count). The monoisotopic (exact) mass is 286 g/mol. The summed E-state index contributed by atoms with van der Waals surface area (Å²) in [5.41, 5.74) is 5.69. The highest BCUT2D eigenvalue weighted by molar-refractivity contribution is 5.50. The van der Waals surface area contributed by atoms with Crippen LogP contribution in [0.2, 0.25) is 0 Å². The first-order chi connectivity index (χ1) is 9.93. The average Bonchev–Trinajstić information content (AvgIpc) is 2.45. The number of hydrogen-bond donors (Lipinski definition) is 2. The van der Waals surface area contributed by atoms with Crippen LogP contribution in [0.15, 0.2) is 18.2 Å². The van der Waals surface area contributed by atoms with E-state index in [4.69, 9.17) is 10.6 Å². The Hall–Kier alpha value is -2.14. The molecule has 0 aliphatic carbocycles. The number of aromatic nitrogens is 2. The Balaban J connectivity index is 2.48. The molecule has 21 heavy (non-hydrogen) atoms. The van der Waals surface area contributed by atoms with Crippen LogP contribution in [0.5, 0.6) is 11.6 Å². The Bertz CT molecular complexity index is 653. The summed E-state index contributed by atoms with van der Waals surface area (Å²) >= 11 is 0. The van der Waals surface area contributed by atoms with Gasteiger partial charge in [0, 0.05) is 5.92 Å². The SMILES string of the molecule is Cc1cccc(Oc2nc(C(C)C)nc(NN)c2C)c1C. The Labute approximate surface area is 125 Å². The van der Waals surface area contributed by atoms with Gasteiger partial charge in [-0.3, -0.25) is 0 Å². The molecule has 0 aliphatic heterocycles. The molecule has 5 heteroatoms. The number of aryl methyl sites for hydroxylation is 1. The van der Waals surface area contributed by atoms with E-state index in [1.165, 1.54) is 5.56 Å². The van der Waals surface area contributed by atoms with Crippen LogP contribution in [0.1, 0.15) is 42.3 Å². The van der Waals surface area contributed by atoms with Crippen LogP contribution < -0.4 is 16.0 Å². The van der Waals surface area contributed by atoms with Crippen LogP contribution >= 0.6 is 0 Å². The molecule has 2 aromatic rings. The van der Waals surface area contributed by atoms with Crippen LogP contribution in [-0.4, -0.2) is 9.97 Å². The predicted octanol–water partition coefficient (Wildman–Crippen LogP) is 3.60. The van der Waals surface area contributed by atoms with Crippen molar-refractivity contribution >= 4 is 5.82 Å². The van der Waals surface area contributed by atoms with E-state index in [2.05, 4.69) is 28.4 Å². The lowest BCUT2D eigenvalue weighted by Gasteiger charge is -2.15. The number of anilines is 1. The van der Waals surface area contributed by atoms with Crippen LogP contribution in [0.3, 0.4) is 0 Å². The molecule has 0 amide bonds. The summed E-state index contributed by atoms with van der Waals surface area (Å²) in [4.78, 5) is 8.92. The molecule has 112 valence electrons. The summed E-state index contributed by atoms with van der Waals surface area (Å²) in [6, 6.07) is 5.97. The van der Waals surface area contributed by atoms with E-state index >= 15 is 0 Å². The fourth-order valence-electron chi connectivity index (χ4n) is 1.95. The van der Waals surface area contributed by atoms with Gasteiger partial charge in [0.25, 0.3) is 0 Å². The summed E-state index contributed by atoms with van der Waals surface area (Å²) in [7, 11) is 0. The molecule has 0 spiro atoms. The van der Waals surface area contributed by atoms with Gasteiger partial charge in [-0.1, -0.05) is 26.0 Å². The zero-order valence-corrected chi connectivity index (χ0v) is 13.2. The summed E-state index contributed by atoms with van der Waals surface area (Å²) in [6.07, 6.45) is 0. The molecule has 0 saturated heterocycles. The third kappa shape index (κ3) is 3.13. The Morgan fingerprint density at radius 3 is 2.43 bits per heavy atom. The van der Waals surface area contributed by atoms with E-state index in [1.807, 2.05) is 39.8 Å². The third-order valence-electron chi connectivity index (χ3n) is 3.53. The zero-order chi connectivity index (χ0) is 15.6. The first-order valence-electron chi connectivity index (χ1n) is 7.03. The van der Waals surface area contributed by atoms with Crippen molar-refractivity contribution in [2.24, 2.45) is 5.84 Å². The van der Waals surface area contributed by atoms with Crippen LogP contribution in [0, 0.1) is 20.8 Å². The van der Waals surface area contributed by atoms with E-state index in [9.17, 15) is 0 Å². The van der Waals surface area contributed by atoms with E-state index in [-0.39, 0.29) is 5.92 Å². The van der Waals surface area contributed by atoms with Gasteiger partial charge in [-0.25, -0.2) is 10.8 Å². The molecular formula is C16H22N4O. The van der Waals surface area contributed by atoms with Crippen molar-refractivity contribution in [3.05, 3.63) is 40.7 Å². The molecule has 0 unspecified atom stereocenters. The Morgan fingerprint density at radius 2 is 1.81 bits per heavy atom. The number of hydrazine groups is 1. The van der Waals surface area contributed by atoms with Crippen molar-refractivity contribution in [2.75, 3.05) is 5.43 Å². The lowest BCUT2D eigenvalue weighted by Crippen LogP contribution is -2.13. The maximum absolute atomic E-state index is 6.01. The van der Waals surface area contributed by atoms with Crippen molar-refractivity contribution in [3.8, 4) is 11.6 Å². The lowest BCUT2D eigenvalue weighted by atomic mass is 10.1. The highest BCUT2D eigenvalue weighted by atomic mass is 16.5. The van der Waals surface area contributed by atoms with Gasteiger partial charge < -0.3 is 10.2 Å². The Kier molecular flexibility index (Phi) is 4.43. The van der Waals surface area contributed by atoms with Gasteiger partial charge >= 0.3 is 0 Å². The number of nitrogens with two attached hydrogens (primary N) is 1.